The summed E-state index contributed by atoms with van der Waals surface area (Å²) in [6.45, 7) is 6.92. The summed E-state index contributed by atoms with van der Waals surface area (Å²) in [7, 11) is 0. The molecule has 2 aromatic rings. The van der Waals surface area contributed by atoms with Crippen LogP contribution < -0.4 is 4.90 Å². The van der Waals surface area contributed by atoms with Gasteiger partial charge in [-0.2, -0.15) is 0 Å². The summed E-state index contributed by atoms with van der Waals surface area (Å²) in [5.74, 6) is 1.58. The number of aromatic nitrogens is 2. The van der Waals surface area contributed by atoms with Crippen LogP contribution in [0.3, 0.4) is 0 Å². The highest BCUT2D eigenvalue weighted by Crippen LogP contribution is 2.31. The Morgan fingerprint density at radius 2 is 1.88 bits per heavy atom. The van der Waals surface area contributed by atoms with Crippen molar-refractivity contribution >= 4 is 11.9 Å². The van der Waals surface area contributed by atoms with Crippen LogP contribution >= 0.6 is 0 Å². The number of rotatable bonds is 3. The van der Waals surface area contributed by atoms with Crippen LogP contribution in [0.2, 0.25) is 0 Å². The summed E-state index contributed by atoms with van der Waals surface area (Å²) in [4.78, 5) is 26.1. The number of benzene rings is 1. The first-order valence-corrected chi connectivity index (χ1v) is 9.10. The molecule has 1 unspecified atom stereocenters. The van der Waals surface area contributed by atoms with Crippen molar-refractivity contribution in [3.63, 3.8) is 0 Å². The van der Waals surface area contributed by atoms with Crippen LogP contribution in [0.5, 0.6) is 0 Å². The second-order valence-electron chi connectivity index (χ2n) is 7.22. The quantitative estimate of drug-likeness (QED) is 0.862. The van der Waals surface area contributed by atoms with Crippen LogP contribution in [0.1, 0.15) is 54.3 Å². The van der Waals surface area contributed by atoms with Crippen molar-refractivity contribution in [3.05, 3.63) is 53.3 Å². The summed E-state index contributed by atoms with van der Waals surface area (Å²) in [5, 5.41) is 0. The number of nitrogens with zero attached hydrogens (tertiary/aromatic N) is 4. The lowest BCUT2D eigenvalue weighted by molar-refractivity contribution is 0.0715. The van der Waals surface area contributed by atoms with Gasteiger partial charge < -0.3 is 9.80 Å². The Hall–Kier alpha value is -2.43. The second-order valence-corrected chi connectivity index (χ2v) is 7.22. The molecule has 2 aliphatic rings. The maximum Gasteiger partial charge on any atom is 0.258 e. The van der Waals surface area contributed by atoms with Gasteiger partial charge in [-0.3, -0.25) is 4.79 Å². The molecule has 1 aromatic heterocycles. The minimum absolute atomic E-state index is 0.0298. The molecule has 0 N–H and O–H groups in total. The normalized spacial score (nSPS) is 19.2. The number of piperidine rings is 1. The highest BCUT2D eigenvalue weighted by atomic mass is 16.2. The molecule has 25 heavy (non-hydrogen) atoms. The van der Waals surface area contributed by atoms with E-state index in [0.717, 1.165) is 36.2 Å². The average molecular weight is 336 g/mol. The predicted octanol–water partition coefficient (Wildman–Crippen LogP) is 3.43. The third-order valence-electron chi connectivity index (χ3n) is 5.48. The van der Waals surface area contributed by atoms with Crippen LogP contribution in [0.15, 0.2) is 36.5 Å². The van der Waals surface area contributed by atoms with E-state index in [2.05, 4.69) is 35.9 Å². The molecule has 2 aliphatic heterocycles. The zero-order valence-corrected chi connectivity index (χ0v) is 14.9. The molecule has 1 fully saturated rings. The van der Waals surface area contributed by atoms with Gasteiger partial charge in [0.1, 0.15) is 0 Å². The zero-order chi connectivity index (χ0) is 17.4. The molecule has 1 aromatic carbocycles. The van der Waals surface area contributed by atoms with Crippen LogP contribution in [-0.4, -0.2) is 33.9 Å². The zero-order valence-electron chi connectivity index (χ0n) is 14.9. The van der Waals surface area contributed by atoms with E-state index in [9.17, 15) is 4.79 Å². The molecule has 0 spiro atoms. The van der Waals surface area contributed by atoms with Gasteiger partial charge in [0.2, 0.25) is 5.95 Å². The second kappa shape index (κ2) is 6.47. The van der Waals surface area contributed by atoms with Crippen molar-refractivity contribution in [2.75, 3.05) is 18.0 Å². The summed E-state index contributed by atoms with van der Waals surface area (Å²) in [5.41, 5.74) is 2.65. The first-order chi connectivity index (χ1) is 12.1. The first-order valence-electron chi connectivity index (χ1n) is 9.10. The number of carbonyl (C=O) groups is 1. The highest BCUT2D eigenvalue weighted by molar-refractivity contribution is 5.97. The minimum atomic E-state index is 0.0298. The van der Waals surface area contributed by atoms with Gasteiger partial charge >= 0.3 is 0 Å². The maximum atomic E-state index is 12.8. The van der Waals surface area contributed by atoms with Gasteiger partial charge in [0, 0.05) is 19.3 Å². The molecule has 0 radical (unpaired) electrons. The van der Waals surface area contributed by atoms with Gasteiger partial charge in [-0.1, -0.05) is 37.3 Å². The fraction of sp³-hybridized carbons (Fsp3) is 0.450. The Morgan fingerprint density at radius 3 is 2.60 bits per heavy atom. The molecular weight excluding hydrogens is 312 g/mol. The third-order valence-corrected chi connectivity index (χ3v) is 5.48. The van der Waals surface area contributed by atoms with Gasteiger partial charge in [0.25, 0.3) is 5.91 Å². The molecular formula is C20H24N4O. The smallest absolute Gasteiger partial charge is 0.258 e. The Morgan fingerprint density at radius 1 is 1.16 bits per heavy atom. The van der Waals surface area contributed by atoms with E-state index >= 15 is 0 Å². The molecule has 5 nitrogen and oxygen atoms in total. The Labute approximate surface area is 148 Å². The molecule has 0 saturated carbocycles. The average Bonchev–Trinajstić information content (AvgIpc) is 2.98. The van der Waals surface area contributed by atoms with Crippen LogP contribution in [0.25, 0.3) is 0 Å². The largest absolute Gasteiger partial charge is 0.341 e. The molecule has 4 rings (SSSR count). The fourth-order valence-electron chi connectivity index (χ4n) is 3.68. The first kappa shape index (κ1) is 16.1. The van der Waals surface area contributed by atoms with Gasteiger partial charge in [-0.05, 0) is 31.2 Å². The lowest BCUT2D eigenvalue weighted by atomic mass is 10.00. The van der Waals surface area contributed by atoms with E-state index in [1.807, 2.05) is 23.1 Å². The molecule has 130 valence electrons. The highest BCUT2D eigenvalue weighted by Gasteiger charge is 2.33. The monoisotopic (exact) mass is 336 g/mol. The fourth-order valence-corrected chi connectivity index (χ4v) is 3.68. The summed E-state index contributed by atoms with van der Waals surface area (Å²) in [6.07, 6.45) is 4.07. The number of carbonyl (C=O) groups excluding carboxylic acids is 1. The summed E-state index contributed by atoms with van der Waals surface area (Å²) in [6, 6.07) is 10.2. The van der Waals surface area contributed by atoms with Gasteiger partial charge in [0.15, 0.2) is 0 Å². The van der Waals surface area contributed by atoms with Crippen LogP contribution in [0.4, 0.5) is 5.95 Å². The van der Waals surface area contributed by atoms with Gasteiger partial charge in [-0.15, -0.1) is 0 Å². The van der Waals surface area contributed by atoms with E-state index in [-0.39, 0.29) is 11.9 Å². The molecule has 3 heterocycles. The predicted molar refractivity (Wildman–Crippen MR) is 97.4 cm³/mol. The van der Waals surface area contributed by atoms with E-state index in [1.54, 1.807) is 6.20 Å². The molecule has 1 saturated heterocycles. The Balaban J connectivity index is 1.55. The molecule has 5 heteroatoms. The van der Waals surface area contributed by atoms with Crippen molar-refractivity contribution < 1.29 is 4.79 Å². The van der Waals surface area contributed by atoms with Crippen molar-refractivity contribution in [1.82, 2.24) is 14.9 Å². The molecule has 0 aliphatic carbocycles. The lowest BCUT2D eigenvalue weighted by Crippen LogP contribution is -2.34. The topological polar surface area (TPSA) is 49.3 Å². The Kier molecular flexibility index (Phi) is 4.15. The van der Waals surface area contributed by atoms with E-state index in [0.29, 0.717) is 12.1 Å². The molecule has 0 bridgehead atoms. The Bertz CT molecular complexity index is 769. The standard InChI is InChI=1S/C20H24N4O/c1-14-8-10-23(11-9-14)20-21-12-17-18(22-20)13-24(19(17)25)15(2)16-6-4-3-5-7-16/h3-7,12,14-15H,8-11,13H2,1-2H3. The van der Waals surface area contributed by atoms with Crippen molar-refractivity contribution in [1.29, 1.82) is 0 Å². The number of anilines is 1. The van der Waals surface area contributed by atoms with Gasteiger partial charge in [0.05, 0.1) is 23.8 Å². The van der Waals surface area contributed by atoms with Crippen LogP contribution in [-0.2, 0) is 6.54 Å². The van der Waals surface area contributed by atoms with E-state index < -0.39 is 0 Å². The maximum absolute atomic E-state index is 12.8. The van der Waals surface area contributed by atoms with Crippen molar-refractivity contribution in [2.45, 2.75) is 39.3 Å². The lowest BCUT2D eigenvalue weighted by Gasteiger charge is -2.30. The van der Waals surface area contributed by atoms with E-state index in [4.69, 9.17) is 4.98 Å². The van der Waals surface area contributed by atoms with Gasteiger partial charge in [-0.25, -0.2) is 9.97 Å². The molecule has 1 amide bonds. The number of amides is 1. The van der Waals surface area contributed by atoms with Crippen LogP contribution in [0, 0.1) is 5.92 Å². The molecule has 1 atom stereocenters. The number of fused-ring (bicyclic) bond motifs is 1. The summed E-state index contributed by atoms with van der Waals surface area (Å²) >= 11 is 0. The summed E-state index contributed by atoms with van der Waals surface area (Å²) < 4.78 is 0. The van der Waals surface area contributed by atoms with Crippen molar-refractivity contribution in [2.24, 2.45) is 5.92 Å². The van der Waals surface area contributed by atoms with Crippen molar-refractivity contribution in [3.8, 4) is 0 Å². The SMILES string of the molecule is CC1CCN(c2ncc3c(n2)CN(C(C)c2ccccc2)C3=O)CC1. The minimum Gasteiger partial charge on any atom is -0.341 e. The number of hydrogen-bond donors (Lipinski definition) is 0. The van der Waals surface area contributed by atoms with E-state index in [1.165, 1.54) is 12.8 Å². The third kappa shape index (κ3) is 2.99. The number of hydrogen-bond acceptors (Lipinski definition) is 4.